The Balaban J connectivity index is 2.38. The van der Waals surface area contributed by atoms with Crippen molar-refractivity contribution in [1.82, 2.24) is 19.9 Å². The summed E-state index contributed by atoms with van der Waals surface area (Å²) >= 11 is 0. The fourth-order valence-electron chi connectivity index (χ4n) is 1.60. The number of aryl methyl sites for hydroxylation is 1. The molecule has 2 N–H and O–H groups in total. The number of nitrogens with two attached hydrogens (primary N) is 1. The quantitative estimate of drug-likeness (QED) is 0.853. The summed E-state index contributed by atoms with van der Waals surface area (Å²) in [5.41, 5.74) is 8.31. The van der Waals surface area contributed by atoms with Crippen LogP contribution >= 0.6 is 0 Å². The molecule has 2 heterocycles. The highest BCUT2D eigenvalue weighted by Crippen LogP contribution is 2.12. The van der Waals surface area contributed by atoms with Crippen LogP contribution in [0.15, 0.2) is 24.7 Å². The lowest BCUT2D eigenvalue weighted by molar-refractivity contribution is 0.719. The maximum absolute atomic E-state index is 5.77. The molecule has 5 nitrogen and oxygen atoms in total. The van der Waals surface area contributed by atoms with Crippen LogP contribution in [0.1, 0.15) is 18.3 Å². The van der Waals surface area contributed by atoms with Gasteiger partial charge < -0.3 is 5.73 Å². The predicted octanol–water partition coefficient (Wildman–Crippen LogP) is 1.13. The van der Waals surface area contributed by atoms with Crippen LogP contribution in [-0.2, 0) is 6.42 Å². The summed E-state index contributed by atoms with van der Waals surface area (Å²) in [5, 5.41) is 0. The monoisotopic (exact) mass is 229 g/mol. The molecule has 0 saturated carbocycles. The third-order valence-electron chi connectivity index (χ3n) is 2.23. The molecule has 17 heavy (non-hydrogen) atoms. The summed E-state index contributed by atoms with van der Waals surface area (Å²) in [4.78, 5) is 17.0. The van der Waals surface area contributed by atoms with E-state index in [1.807, 2.05) is 19.9 Å². The van der Waals surface area contributed by atoms with Crippen molar-refractivity contribution in [3.05, 3.63) is 36.0 Å². The largest absolute Gasteiger partial charge is 0.328 e. The summed E-state index contributed by atoms with van der Waals surface area (Å²) < 4.78 is 0. The normalized spacial score (nSPS) is 12.4. The molecule has 0 aromatic carbocycles. The van der Waals surface area contributed by atoms with E-state index >= 15 is 0 Å². The smallest absolute Gasteiger partial charge is 0.180 e. The average molecular weight is 229 g/mol. The van der Waals surface area contributed by atoms with Crippen molar-refractivity contribution in [3.63, 3.8) is 0 Å². The van der Waals surface area contributed by atoms with Crippen molar-refractivity contribution in [2.45, 2.75) is 26.3 Å². The molecule has 5 heteroatoms. The van der Waals surface area contributed by atoms with Gasteiger partial charge in [-0.1, -0.05) is 0 Å². The Morgan fingerprint density at radius 1 is 1.29 bits per heavy atom. The van der Waals surface area contributed by atoms with E-state index < -0.39 is 0 Å². The lowest BCUT2D eigenvalue weighted by Gasteiger charge is -2.07. The second-order valence-corrected chi connectivity index (χ2v) is 4.10. The fourth-order valence-corrected chi connectivity index (χ4v) is 1.60. The Morgan fingerprint density at radius 3 is 2.76 bits per heavy atom. The van der Waals surface area contributed by atoms with Gasteiger partial charge in [-0.05, 0) is 19.9 Å². The number of rotatable bonds is 3. The van der Waals surface area contributed by atoms with E-state index in [0.29, 0.717) is 11.5 Å². The van der Waals surface area contributed by atoms with Gasteiger partial charge in [0.15, 0.2) is 5.82 Å². The molecule has 1 atom stereocenters. The number of hydrogen-bond donors (Lipinski definition) is 1. The maximum Gasteiger partial charge on any atom is 0.180 e. The minimum Gasteiger partial charge on any atom is -0.328 e. The van der Waals surface area contributed by atoms with Crippen LogP contribution in [0.4, 0.5) is 0 Å². The van der Waals surface area contributed by atoms with Crippen molar-refractivity contribution in [1.29, 1.82) is 0 Å². The first kappa shape index (κ1) is 11.6. The Bertz CT molecular complexity index is 496. The van der Waals surface area contributed by atoms with Gasteiger partial charge in [0.05, 0.1) is 6.20 Å². The van der Waals surface area contributed by atoms with Gasteiger partial charge >= 0.3 is 0 Å². The molecule has 2 aromatic heterocycles. The molecule has 0 bridgehead atoms. The zero-order valence-electron chi connectivity index (χ0n) is 9.96. The number of aromatic nitrogens is 4. The molecular weight excluding hydrogens is 214 g/mol. The van der Waals surface area contributed by atoms with E-state index in [4.69, 9.17) is 5.73 Å². The molecule has 2 aromatic rings. The summed E-state index contributed by atoms with van der Waals surface area (Å²) in [7, 11) is 0. The summed E-state index contributed by atoms with van der Waals surface area (Å²) in [6.07, 6.45) is 5.65. The van der Waals surface area contributed by atoms with E-state index in [1.54, 1.807) is 18.6 Å². The molecule has 0 spiro atoms. The lowest BCUT2D eigenvalue weighted by atomic mass is 10.1. The van der Waals surface area contributed by atoms with Gasteiger partial charge in [-0.2, -0.15) is 0 Å². The average Bonchev–Trinajstić information content (AvgIpc) is 2.28. The highest BCUT2D eigenvalue weighted by Gasteiger charge is 2.07. The van der Waals surface area contributed by atoms with Gasteiger partial charge in [0.1, 0.15) is 5.69 Å². The molecule has 2 rings (SSSR count). The van der Waals surface area contributed by atoms with Gasteiger partial charge in [-0.25, -0.2) is 15.0 Å². The topological polar surface area (TPSA) is 77.6 Å². The molecule has 0 aliphatic heterocycles. The van der Waals surface area contributed by atoms with Crippen molar-refractivity contribution < 1.29 is 0 Å². The lowest BCUT2D eigenvalue weighted by Crippen LogP contribution is -2.19. The molecule has 0 saturated heterocycles. The van der Waals surface area contributed by atoms with Gasteiger partial charge in [0, 0.05) is 36.2 Å². The molecular formula is C12H15N5. The van der Waals surface area contributed by atoms with Gasteiger partial charge in [-0.15, -0.1) is 0 Å². The second-order valence-electron chi connectivity index (χ2n) is 4.10. The Morgan fingerprint density at radius 2 is 2.12 bits per heavy atom. The van der Waals surface area contributed by atoms with Crippen molar-refractivity contribution in [2.75, 3.05) is 0 Å². The molecule has 0 fully saturated rings. The Labute approximate surface area is 100 Å². The van der Waals surface area contributed by atoms with Crippen LogP contribution in [0.2, 0.25) is 0 Å². The van der Waals surface area contributed by atoms with Gasteiger partial charge in [-0.3, -0.25) is 4.98 Å². The summed E-state index contributed by atoms with van der Waals surface area (Å²) in [6.45, 7) is 3.89. The third-order valence-corrected chi connectivity index (χ3v) is 2.23. The van der Waals surface area contributed by atoms with E-state index in [-0.39, 0.29) is 6.04 Å². The van der Waals surface area contributed by atoms with Gasteiger partial charge in [0.25, 0.3) is 0 Å². The zero-order valence-corrected chi connectivity index (χ0v) is 9.96. The minimum absolute atomic E-state index is 0.0824. The second kappa shape index (κ2) is 4.97. The predicted molar refractivity (Wildman–Crippen MR) is 65.1 cm³/mol. The zero-order chi connectivity index (χ0) is 12.3. The Hall–Kier alpha value is -1.88. The first-order valence-corrected chi connectivity index (χ1v) is 5.51. The molecule has 0 aliphatic rings. The maximum atomic E-state index is 5.77. The van der Waals surface area contributed by atoms with Crippen molar-refractivity contribution in [3.8, 4) is 11.5 Å². The van der Waals surface area contributed by atoms with Crippen LogP contribution in [-0.4, -0.2) is 26.0 Å². The number of hydrogen-bond acceptors (Lipinski definition) is 5. The van der Waals surface area contributed by atoms with Crippen molar-refractivity contribution in [2.24, 2.45) is 5.73 Å². The van der Waals surface area contributed by atoms with Crippen LogP contribution in [0.5, 0.6) is 0 Å². The standard InChI is InChI=1S/C12H15N5/c1-8(13)5-10-6-9(2)16-12(17-10)11-7-14-3-4-15-11/h3-4,6-8H,5,13H2,1-2H3. The Kier molecular flexibility index (Phi) is 3.39. The van der Waals surface area contributed by atoms with Crippen LogP contribution in [0, 0.1) is 6.92 Å². The minimum atomic E-state index is 0.0824. The SMILES string of the molecule is Cc1cc(CC(C)N)nc(-c2cnccn2)n1. The molecule has 88 valence electrons. The molecule has 1 unspecified atom stereocenters. The molecule has 0 aliphatic carbocycles. The van der Waals surface area contributed by atoms with Crippen molar-refractivity contribution >= 4 is 0 Å². The van der Waals surface area contributed by atoms with E-state index in [0.717, 1.165) is 17.8 Å². The fraction of sp³-hybridized carbons (Fsp3) is 0.333. The number of nitrogens with zero attached hydrogens (tertiary/aromatic N) is 4. The van der Waals surface area contributed by atoms with E-state index in [2.05, 4.69) is 19.9 Å². The summed E-state index contributed by atoms with van der Waals surface area (Å²) in [6, 6.07) is 2.03. The first-order valence-electron chi connectivity index (χ1n) is 5.51. The molecule has 0 amide bonds. The van der Waals surface area contributed by atoms with Crippen LogP contribution in [0.3, 0.4) is 0 Å². The van der Waals surface area contributed by atoms with E-state index in [9.17, 15) is 0 Å². The highest BCUT2D eigenvalue weighted by atomic mass is 14.9. The highest BCUT2D eigenvalue weighted by molar-refractivity contribution is 5.47. The van der Waals surface area contributed by atoms with Crippen LogP contribution in [0.25, 0.3) is 11.5 Å². The van der Waals surface area contributed by atoms with Gasteiger partial charge in [0.2, 0.25) is 0 Å². The molecule has 0 radical (unpaired) electrons. The van der Waals surface area contributed by atoms with E-state index in [1.165, 1.54) is 0 Å². The third kappa shape index (κ3) is 3.04. The first-order chi connectivity index (χ1) is 8.15. The summed E-state index contributed by atoms with van der Waals surface area (Å²) in [5.74, 6) is 0.605. The van der Waals surface area contributed by atoms with Crippen LogP contribution < -0.4 is 5.73 Å².